The number of rotatable bonds is 5. The second kappa shape index (κ2) is 5.87. The van der Waals surface area contributed by atoms with Crippen molar-refractivity contribution in [1.82, 2.24) is 0 Å². The van der Waals surface area contributed by atoms with Gasteiger partial charge in [0.15, 0.2) is 5.41 Å². The first kappa shape index (κ1) is 17.8. The van der Waals surface area contributed by atoms with Crippen LogP contribution < -0.4 is 4.90 Å². The zero-order valence-corrected chi connectivity index (χ0v) is 14.7. The lowest BCUT2D eigenvalue weighted by Crippen LogP contribution is -2.57. The van der Waals surface area contributed by atoms with Gasteiger partial charge in [0, 0.05) is 12.7 Å². The number of anilines is 1. The molecule has 21 heavy (non-hydrogen) atoms. The quantitative estimate of drug-likeness (QED) is 0.752. The minimum Gasteiger partial charge on any atom is -0.368 e. The van der Waals surface area contributed by atoms with Gasteiger partial charge in [-0.15, -0.1) is 0 Å². The molecule has 0 saturated carbocycles. The van der Waals surface area contributed by atoms with Crippen LogP contribution in [-0.2, 0) is 4.79 Å². The van der Waals surface area contributed by atoms with E-state index in [4.69, 9.17) is 0 Å². The third-order valence-electron chi connectivity index (χ3n) is 4.41. The molecule has 0 atom stereocenters. The van der Waals surface area contributed by atoms with Crippen LogP contribution in [0.5, 0.6) is 0 Å². The molecule has 0 aliphatic heterocycles. The molecule has 1 aromatic rings. The molecule has 0 aliphatic carbocycles. The summed E-state index contributed by atoms with van der Waals surface area (Å²) in [5, 5.41) is -1.26. The highest BCUT2D eigenvalue weighted by Crippen LogP contribution is 2.40. The van der Waals surface area contributed by atoms with Gasteiger partial charge in [0.1, 0.15) is 8.07 Å². The third kappa shape index (κ3) is 3.90. The van der Waals surface area contributed by atoms with Gasteiger partial charge in [0.25, 0.3) is 0 Å². The average Bonchev–Trinajstić information content (AvgIpc) is 2.37. The Morgan fingerprint density at radius 3 is 2.05 bits per heavy atom. The Bertz CT molecular complexity index is 495. The summed E-state index contributed by atoms with van der Waals surface area (Å²) in [6.45, 7) is 8.48. The summed E-state index contributed by atoms with van der Waals surface area (Å²) in [5.74, 6) is -3.33. The molecule has 0 N–H and O–H groups in total. The van der Waals surface area contributed by atoms with E-state index in [1.807, 2.05) is 26.8 Å². The smallest absolute Gasteiger partial charge is 0.317 e. The standard InChI is InChI=1S/C16H25F2NOSi/c1-15(2,3)21(5,6)14(20)16(17,18)12-19(4)13-10-8-7-9-11-13/h7-11H,12H2,1-6H3. The molecule has 5 heteroatoms. The van der Waals surface area contributed by atoms with E-state index in [-0.39, 0.29) is 0 Å². The number of benzene rings is 1. The number of para-hydroxylation sites is 1. The maximum absolute atomic E-state index is 14.4. The van der Waals surface area contributed by atoms with Gasteiger partial charge in [0.05, 0.1) is 6.54 Å². The van der Waals surface area contributed by atoms with E-state index >= 15 is 0 Å². The SMILES string of the molecule is CN(CC(F)(F)C(=O)[Si](C)(C)C(C)(C)C)c1ccccc1. The topological polar surface area (TPSA) is 20.3 Å². The van der Waals surface area contributed by atoms with Gasteiger partial charge in [-0.3, -0.25) is 4.79 Å². The van der Waals surface area contributed by atoms with Crippen LogP contribution in [0, 0.1) is 0 Å². The number of nitrogens with zero attached hydrogens (tertiary/aromatic N) is 1. The van der Waals surface area contributed by atoms with Crippen molar-refractivity contribution in [3.05, 3.63) is 30.3 Å². The van der Waals surface area contributed by atoms with Crippen molar-refractivity contribution < 1.29 is 13.6 Å². The van der Waals surface area contributed by atoms with Crippen molar-refractivity contribution in [2.75, 3.05) is 18.5 Å². The molecule has 0 radical (unpaired) electrons. The summed E-state index contributed by atoms with van der Waals surface area (Å²) in [6.07, 6.45) is 0. The Labute approximate surface area is 127 Å². The third-order valence-corrected chi connectivity index (χ3v) is 9.66. The minimum atomic E-state index is -3.33. The van der Waals surface area contributed by atoms with Gasteiger partial charge in [-0.1, -0.05) is 52.1 Å². The van der Waals surface area contributed by atoms with Crippen LogP contribution in [0.15, 0.2) is 30.3 Å². The fourth-order valence-corrected chi connectivity index (χ4v) is 3.62. The fourth-order valence-electron chi connectivity index (χ4n) is 1.94. The van der Waals surface area contributed by atoms with Crippen LogP contribution in [0.3, 0.4) is 0 Å². The van der Waals surface area contributed by atoms with E-state index in [1.165, 1.54) is 4.90 Å². The number of carbonyl (C=O) groups is 1. The van der Waals surface area contributed by atoms with Crippen molar-refractivity contribution in [3.63, 3.8) is 0 Å². The highest BCUT2D eigenvalue weighted by molar-refractivity contribution is 7.07. The normalized spacial score (nSPS) is 13.1. The Balaban J connectivity index is 2.94. The van der Waals surface area contributed by atoms with Crippen molar-refractivity contribution in [3.8, 4) is 0 Å². The highest BCUT2D eigenvalue weighted by atomic mass is 28.3. The minimum absolute atomic E-state index is 0.390. The van der Waals surface area contributed by atoms with Gasteiger partial charge < -0.3 is 4.90 Å². The number of alkyl halides is 2. The number of halogens is 2. The van der Waals surface area contributed by atoms with Gasteiger partial charge in [0.2, 0.25) is 0 Å². The maximum atomic E-state index is 14.4. The maximum Gasteiger partial charge on any atom is 0.317 e. The van der Waals surface area contributed by atoms with Crippen LogP contribution in [-0.4, -0.2) is 33.0 Å². The van der Waals surface area contributed by atoms with Crippen molar-refractivity contribution >= 4 is 19.2 Å². The molecule has 0 amide bonds. The molecule has 0 fully saturated rings. The zero-order valence-electron chi connectivity index (χ0n) is 13.7. The van der Waals surface area contributed by atoms with Crippen LogP contribution in [0.4, 0.5) is 14.5 Å². The second-order valence-electron chi connectivity index (χ2n) is 7.10. The van der Waals surface area contributed by atoms with Gasteiger partial charge in [-0.05, 0) is 17.2 Å². The number of hydrogen-bond acceptors (Lipinski definition) is 2. The Morgan fingerprint density at radius 2 is 1.62 bits per heavy atom. The summed E-state index contributed by atoms with van der Waals surface area (Å²) in [5.41, 5.74) is 0.681. The largest absolute Gasteiger partial charge is 0.368 e. The molecule has 2 nitrogen and oxygen atoms in total. The molecule has 1 aromatic carbocycles. The predicted molar refractivity (Wildman–Crippen MR) is 86.9 cm³/mol. The first-order valence-corrected chi connectivity index (χ1v) is 10.1. The van der Waals surface area contributed by atoms with Crippen molar-refractivity contribution in [1.29, 1.82) is 0 Å². The number of hydrogen-bond donors (Lipinski definition) is 0. The predicted octanol–water partition coefficient (Wildman–Crippen LogP) is 4.37. The summed E-state index contributed by atoms with van der Waals surface area (Å²) < 4.78 is 28.8. The first-order chi connectivity index (χ1) is 9.39. The fraction of sp³-hybridized carbons (Fsp3) is 0.562. The van der Waals surface area contributed by atoms with E-state index in [9.17, 15) is 13.6 Å². The van der Waals surface area contributed by atoms with Crippen molar-refractivity contribution in [2.45, 2.75) is 44.8 Å². The molecular formula is C16H25F2NOSi. The monoisotopic (exact) mass is 313 g/mol. The Hall–Kier alpha value is -1.23. The zero-order chi connectivity index (χ0) is 16.5. The second-order valence-corrected chi connectivity index (χ2v) is 12.3. The highest BCUT2D eigenvalue weighted by Gasteiger charge is 2.53. The van der Waals surface area contributed by atoms with Crippen LogP contribution in [0.25, 0.3) is 0 Å². The Morgan fingerprint density at radius 1 is 1.14 bits per heavy atom. The molecule has 0 aliphatic rings. The summed E-state index contributed by atoms with van der Waals surface area (Å²) in [6, 6.07) is 8.93. The van der Waals surface area contributed by atoms with E-state index in [0.717, 1.165) is 0 Å². The van der Waals surface area contributed by atoms with E-state index < -0.39 is 31.0 Å². The van der Waals surface area contributed by atoms with Crippen LogP contribution in [0.1, 0.15) is 20.8 Å². The lowest BCUT2D eigenvalue weighted by Gasteiger charge is -2.38. The van der Waals surface area contributed by atoms with Crippen LogP contribution in [0.2, 0.25) is 18.1 Å². The molecule has 0 aromatic heterocycles. The molecule has 0 saturated heterocycles. The number of carbonyl (C=O) groups excluding carboxylic acids is 1. The van der Waals surface area contributed by atoms with Crippen molar-refractivity contribution in [2.24, 2.45) is 0 Å². The first-order valence-electron chi connectivity index (χ1n) is 7.08. The molecule has 0 bridgehead atoms. The average molecular weight is 313 g/mol. The summed E-state index contributed by atoms with van der Waals surface area (Å²) in [4.78, 5) is 13.8. The molecule has 118 valence electrons. The summed E-state index contributed by atoms with van der Waals surface area (Å²) in [7, 11) is -1.14. The molecule has 0 heterocycles. The van der Waals surface area contributed by atoms with E-state index in [0.29, 0.717) is 5.69 Å². The van der Waals surface area contributed by atoms with E-state index in [2.05, 4.69) is 0 Å². The molecule has 0 spiro atoms. The Kier molecular flexibility index (Phi) is 4.98. The molecule has 1 rings (SSSR count). The molecule has 0 unspecified atom stereocenters. The summed E-state index contributed by atoms with van der Waals surface area (Å²) >= 11 is 0. The van der Waals surface area contributed by atoms with Crippen LogP contribution >= 0.6 is 0 Å². The van der Waals surface area contributed by atoms with E-state index in [1.54, 1.807) is 44.4 Å². The molecular weight excluding hydrogens is 288 g/mol. The van der Waals surface area contributed by atoms with Gasteiger partial charge in [-0.2, -0.15) is 8.78 Å². The lowest BCUT2D eigenvalue weighted by atomic mass is 10.2. The lowest BCUT2D eigenvalue weighted by molar-refractivity contribution is -0.134. The van der Waals surface area contributed by atoms with Gasteiger partial charge in [-0.25, -0.2) is 0 Å². The van der Waals surface area contributed by atoms with Gasteiger partial charge >= 0.3 is 5.92 Å².